The van der Waals surface area contributed by atoms with Gasteiger partial charge in [0, 0.05) is 19.2 Å². The molecule has 0 atom stereocenters. The molecule has 0 spiro atoms. The topological polar surface area (TPSA) is 103 Å². The predicted octanol–water partition coefficient (Wildman–Crippen LogP) is 0.592. The summed E-state index contributed by atoms with van der Waals surface area (Å²) in [7, 11) is -2.37. The van der Waals surface area contributed by atoms with Crippen LogP contribution >= 0.6 is 0 Å². The number of hydrogen-bond acceptors (Lipinski definition) is 5. The summed E-state index contributed by atoms with van der Waals surface area (Å²) in [5.74, 6) is -0.322. The fourth-order valence-electron chi connectivity index (χ4n) is 3.01. The van der Waals surface area contributed by atoms with E-state index in [-0.39, 0.29) is 29.5 Å². The summed E-state index contributed by atoms with van der Waals surface area (Å²) < 4.78 is 26.6. The highest BCUT2D eigenvalue weighted by Gasteiger charge is 2.28. The number of H-pyrrole nitrogens is 1. The minimum Gasteiger partial charge on any atom is -0.335 e. The van der Waals surface area contributed by atoms with Crippen LogP contribution in [0.2, 0.25) is 0 Å². The van der Waals surface area contributed by atoms with Crippen LogP contribution in [0.25, 0.3) is 0 Å². The number of rotatable bonds is 4. The molecule has 27 heavy (non-hydrogen) atoms. The van der Waals surface area contributed by atoms with Crippen molar-refractivity contribution in [3.63, 3.8) is 0 Å². The van der Waals surface area contributed by atoms with Crippen molar-refractivity contribution in [3.8, 4) is 0 Å². The van der Waals surface area contributed by atoms with Gasteiger partial charge in [0.2, 0.25) is 15.9 Å². The number of amides is 1. The molecular weight excluding hydrogens is 368 g/mol. The zero-order chi connectivity index (χ0) is 19.8. The quantitative estimate of drug-likeness (QED) is 0.823. The Kier molecular flexibility index (Phi) is 5.16. The van der Waals surface area contributed by atoms with Gasteiger partial charge >= 0.3 is 0 Å². The molecule has 0 saturated heterocycles. The second-order valence-electron chi connectivity index (χ2n) is 6.73. The first-order valence-electron chi connectivity index (χ1n) is 8.57. The number of aromatic amines is 1. The fraction of sp³-hybridized carbons (Fsp3) is 0.389. The van der Waals surface area contributed by atoms with Crippen LogP contribution in [-0.2, 0) is 27.8 Å². The number of benzene rings is 1. The van der Waals surface area contributed by atoms with E-state index in [1.165, 1.54) is 18.3 Å². The lowest BCUT2D eigenvalue weighted by molar-refractivity contribution is -0.132. The Morgan fingerprint density at radius 3 is 2.74 bits per heavy atom. The molecular formula is C18H22N4O4S. The maximum Gasteiger partial charge on any atom is 0.254 e. The van der Waals surface area contributed by atoms with Crippen LogP contribution in [0.15, 0.2) is 34.2 Å². The lowest BCUT2D eigenvalue weighted by Crippen LogP contribution is -2.44. The average molecular weight is 390 g/mol. The number of hydrogen-bond donors (Lipinski definition) is 1. The van der Waals surface area contributed by atoms with E-state index in [1.807, 2.05) is 13.8 Å². The summed E-state index contributed by atoms with van der Waals surface area (Å²) in [5.41, 5.74) is 2.82. The van der Waals surface area contributed by atoms with Gasteiger partial charge in [-0.2, -0.15) is 4.31 Å². The van der Waals surface area contributed by atoms with Gasteiger partial charge in [-0.05, 0) is 43.5 Å². The van der Waals surface area contributed by atoms with Crippen molar-refractivity contribution >= 4 is 15.9 Å². The molecule has 0 fully saturated rings. The first-order valence-corrected chi connectivity index (χ1v) is 10.0. The zero-order valence-electron chi connectivity index (χ0n) is 15.5. The van der Waals surface area contributed by atoms with E-state index >= 15 is 0 Å². The number of aromatic nitrogens is 2. The summed E-state index contributed by atoms with van der Waals surface area (Å²) >= 11 is 0. The molecule has 3 rings (SSSR count). The number of carbonyl (C=O) groups is 1. The van der Waals surface area contributed by atoms with E-state index in [9.17, 15) is 18.0 Å². The van der Waals surface area contributed by atoms with E-state index in [1.54, 1.807) is 18.2 Å². The zero-order valence-corrected chi connectivity index (χ0v) is 16.3. The van der Waals surface area contributed by atoms with Crippen molar-refractivity contribution in [2.24, 2.45) is 0 Å². The molecule has 0 radical (unpaired) electrons. The van der Waals surface area contributed by atoms with Crippen LogP contribution < -0.4 is 5.56 Å². The van der Waals surface area contributed by atoms with Crippen molar-refractivity contribution in [2.75, 3.05) is 20.1 Å². The number of likely N-dealkylation sites (N-methyl/N-ethyl adjacent to an activating group) is 1. The highest BCUT2D eigenvalue weighted by Crippen LogP contribution is 2.19. The largest absolute Gasteiger partial charge is 0.335 e. The monoisotopic (exact) mass is 390 g/mol. The molecule has 1 N–H and O–H groups in total. The SMILES string of the molecule is Cc1ccc(S(=O)(=O)N(C)CC(=O)N2CCc3c(nc[nH]c3=O)C2)cc1C. The lowest BCUT2D eigenvalue weighted by Gasteiger charge is -2.29. The smallest absolute Gasteiger partial charge is 0.254 e. The Morgan fingerprint density at radius 1 is 1.30 bits per heavy atom. The molecule has 8 nitrogen and oxygen atoms in total. The summed E-state index contributed by atoms with van der Waals surface area (Å²) in [6, 6.07) is 4.91. The summed E-state index contributed by atoms with van der Waals surface area (Å²) in [6.07, 6.45) is 1.71. The van der Waals surface area contributed by atoms with E-state index in [0.717, 1.165) is 15.4 Å². The van der Waals surface area contributed by atoms with Gasteiger partial charge in [-0.25, -0.2) is 13.4 Å². The van der Waals surface area contributed by atoms with Crippen molar-refractivity contribution < 1.29 is 13.2 Å². The van der Waals surface area contributed by atoms with Crippen LogP contribution in [0.3, 0.4) is 0 Å². The number of fused-ring (bicyclic) bond motifs is 1. The normalized spacial score (nSPS) is 14.3. The first-order chi connectivity index (χ1) is 12.7. The third kappa shape index (κ3) is 3.79. The Bertz CT molecular complexity index is 1050. The molecule has 144 valence electrons. The van der Waals surface area contributed by atoms with Crippen molar-refractivity contribution in [3.05, 3.63) is 57.3 Å². The van der Waals surface area contributed by atoms with Gasteiger partial charge in [-0.1, -0.05) is 6.07 Å². The van der Waals surface area contributed by atoms with Crippen molar-refractivity contribution in [2.45, 2.75) is 31.7 Å². The van der Waals surface area contributed by atoms with Crippen LogP contribution in [0.1, 0.15) is 22.4 Å². The molecule has 0 bridgehead atoms. The van der Waals surface area contributed by atoms with Crippen LogP contribution in [-0.4, -0.2) is 53.6 Å². The van der Waals surface area contributed by atoms with Crippen LogP contribution in [0.5, 0.6) is 0 Å². The molecule has 0 saturated carbocycles. The Hall–Kier alpha value is -2.52. The minimum absolute atomic E-state index is 0.165. The summed E-state index contributed by atoms with van der Waals surface area (Å²) in [6.45, 7) is 4.05. The maximum absolute atomic E-state index is 12.8. The first kappa shape index (κ1) is 19.2. The third-order valence-corrected chi connectivity index (χ3v) is 6.71. The molecule has 1 aliphatic rings. The molecule has 0 aliphatic carbocycles. The molecule has 2 aromatic rings. The standard InChI is InChI=1S/C18H22N4O4S/c1-12-4-5-14(8-13(12)2)27(25,26)21(3)10-17(23)22-7-6-15-16(9-22)19-11-20-18(15)24/h4-5,8,11H,6-7,9-10H2,1-3H3,(H,19,20,24). The fourth-order valence-corrected chi connectivity index (χ4v) is 4.21. The Balaban J connectivity index is 1.74. The number of sulfonamides is 1. The van der Waals surface area contributed by atoms with Crippen LogP contribution in [0, 0.1) is 13.8 Å². The molecule has 1 amide bonds. The predicted molar refractivity (Wildman–Crippen MR) is 99.7 cm³/mol. The number of nitrogens with one attached hydrogen (secondary N) is 1. The molecule has 0 unspecified atom stereocenters. The van der Waals surface area contributed by atoms with Gasteiger partial charge < -0.3 is 9.88 Å². The Morgan fingerprint density at radius 2 is 2.04 bits per heavy atom. The van der Waals surface area contributed by atoms with Gasteiger partial charge in [0.25, 0.3) is 5.56 Å². The molecule has 1 aliphatic heterocycles. The lowest BCUT2D eigenvalue weighted by atomic mass is 10.1. The summed E-state index contributed by atoms with van der Waals surface area (Å²) in [5, 5.41) is 0. The second-order valence-corrected chi connectivity index (χ2v) is 8.77. The van der Waals surface area contributed by atoms with E-state index in [2.05, 4.69) is 9.97 Å². The van der Waals surface area contributed by atoms with Gasteiger partial charge in [-0.15, -0.1) is 0 Å². The average Bonchev–Trinajstić information content (AvgIpc) is 2.63. The van der Waals surface area contributed by atoms with Gasteiger partial charge in [0.05, 0.1) is 30.0 Å². The van der Waals surface area contributed by atoms with E-state index < -0.39 is 10.0 Å². The number of carbonyl (C=O) groups excluding carboxylic acids is 1. The van der Waals surface area contributed by atoms with E-state index in [4.69, 9.17) is 0 Å². The van der Waals surface area contributed by atoms with Gasteiger partial charge in [0.15, 0.2) is 0 Å². The minimum atomic E-state index is -3.76. The summed E-state index contributed by atoms with van der Waals surface area (Å²) in [4.78, 5) is 32.7. The van der Waals surface area contributed by atoms with Crippen molar-refractivity contribution in [1.29, 1.82) is 0 Å². The molecule has 2 heterocycles. The van der Waals surface area contributed by atoms with E-state index in [0.29, 0.717) is 24.2 Å². The van der Waals surface area contributed by atoms with Gasteiger partial charge in [-0.3, -0.25) is 9.59 Å². The molecule has 1 aromatic carbocycles. The third-order valence-electron chi connectivity index (χ3n) is 4.91. The van der Waals surface area contributed by atoms with Gasteiger partial charge in [0.1, 0.15) is 0 Å². The molecule has 9 heteroatoms. The molecule has 1 aromatic heterocycles. The second kappa shape index (κ2) is 7.24. The number of nitrogens with zero attached hydrogens (tertiary/aromatic N) is 3. The maximum atomic E-state index is 12.8. The number of aryl methyl sites for hydroxylation is 2. The van der Waals surface area contributed by atoms with Crippen molar-refractivity contribution in [1.82, 2.24) is 19.2 Å². The van der Waals surface area contributed by atoms with Crippen LogP contribution in [0.4, 0.5) is 0 Å². The highest BCUT2D eigenvalue weighted by atomic mass is 32.2. The Labute approximate surface area is 157 Å². The highest BCUT2D eigenvalue weighted by molar-refractivity contribution is 7.89.